The summed E-state index contributed by atoms with van der Waals surface area (Å²) >= 11 is 1.65. The standard InChI is InChI=1S/C11H17N3OS/c1-2-12-9-3-6-14(11(9)15)7-4-10-13-5-8-16-10/h5,8-9,12H,2-4,6-7H2,1H3. The van der Waals surface area contributed by atoms with Crippen LogP contribution in [0.4, 0.5) is 0 Å². The average molecular weight is 239 g/mol. The molecule has 5 heteroatoms. The Labute approximate surface area is 99.7 Å². The summed E-state index contributed by atoms with van der Waals surface area (Å²) in [4.78, 5) is 18.1. The molecule has 0 aliphatic carbocycles. The van der Waals surface area contributed by atoms with Crippen LogP contribution in [0.1, 0.15) is 18.4 Å². The van der Waals surface area contributed by atoms with Crippen molar-refractivity contribution in [1.29, 1.82) is 0 Å². The molecular formula is C11H17N3OS. The number of likely N-dealkylation sites (N-methyl/N-ethyl adjacent to an activating group) is 1. The molecule has 0 spiro atoms. The number of hydrogen-bond acceptors (Lipinski definition) is 4. The second-order valence-corrected chi connectivity index (χ2v) is 4.88. The van der Waals surface area contributed by atoms with Crippen LogP contribution < -0.4 is 5.32 Å². The SMILES string of the molecule is CCNC1CCN(CCc2nccs2)C1=O. The van der Waals surface area contributed by atoms with Gasteiger partial charge in [-0.1, -0.05) is 6.92 Å². The van der Waals surface area contributed by atoms with Gasteiger partial charge in [0.15, 0.2) is 0 Å². The summed E-state index contributed by atoms with van der Waals surface area (Å²) in [6.07, 6.45) is 3.63. The number of carbonyl (C=O) groups excluding carboxylic acids is 1. The molecule has 1 aliphatic heterocycles. The highest BCUT2D eigenvalue weighted by Gasteiger charge is 2.30. The van der Waals surface area contributed by atoms with Crippen LogP contribution in [0.5, 0.6) is 0 Å². The third kappa shape index (κ3) is 2.59. The highest BCUT2D eigenvalue weighted by Crippen LogP contribution is 2.13. The molecule has 1 unspecified atom stereocenters. The number of aromatic nitrogens is 1. The first kappa shape index (κ1) is 11.5. The van der Waals surface area contributed by atoms with Crippen molar-refractivity contribution in [1.82, 2.24) is 15.2 Å². The molecule has 1 aromatic heterocycles. The fraction of sp³-hybridized carbons (Fsp3) is 0.636. The van der Waals surface area contributed by atoms with Crippen LogP contribution in [-0.4, -0.2) is 41.5 Å². The Morgan fingerprint density at radius 1 is 1.69 bits per heavy atom. The van der Waals surface area contributed by atoms with Gasteiger partial charge in [0.1, 0.15) is 0 Å². The van der Waals surface area contributed by atoms with E-state index in [1.54, 1.807) is 11.3 Å². The number of thiazole rings is 1. The van der Waals surface area contributed by atoms with Crippen molar-refractivity contribution in [2.45, 2.75) is 25.8 Å². The zero-order valence-electron chi connectivity index (χ0n) is 9.48. The van der Waals surface area contributed by atoms with E-state index in [1.165, 1.54) is 0 Å². The topological polar surface area (TPSA) is 45.2 Å². The average Bonchev–Trinajstić information content (AvgIpc) is 2.89. The minimum absolute atomic E-state index is 0.0429. The van der Waals surface area contributed by atoms with Gasteiger partial charge >= 0.3 is 0 Å². The molecule has 1 saturated heterocycles. The number of carbonyl (C=O) groups is 1. The minimum Gasteiger partial charge on any atom is -0.341 e. The monoisotopic (exact) mass is 239 g/mol. The minimum atomic E-state index is 0.0429. The normalized spacial score (nSPS) is 20.7. The molecule has 0 radical (unpaired) electrons. The largest absolute Gasteiger partial charge is 0.341 e. The van der Waals surface area contributed by atoms with Gasteiger partial charge in [-0.3, -0.25) is 4.79 Å². The van der Waals surface area contributed by atoms with Gasteiger partial charge in [-0.25, -0.2) is 4.98 Å². The second-order valence-electron chi connectivity index (χ2n) is 3.90. The summed E-state index contributed by atoms with van der Waals surface area (Å²) in [7, 11) is 0. The van der Waals surface area contributed by atoms with Gasteiger partial charge in [0.2, 0.25) is 5.91 Å². The third-order valence-electron chi connectivity index (χ3n) is 2.83. The molecule has 1 fully saturated rings. The van der Waals surface area contributed by atoms with E-state index >= 15 is 0 Å². The van der Waals surface area contributed by atoms with Gasteiger partial charge in [0.25, 0.3) is 0 Å². The predicted molar refractivity (Wildman–Crippen MR) is 64.5 cm³/mol. The summed E-state index contributed by atoms with van der Waals surface area (Å²) in [5.74, 6) is 0.249. The molecular weight excluding hydrogens is 222 g/mol. The highest BCUT2D eigenvalue weighted by atomic mass is 32.1. The Bertz CT molecular complexity index is 339. The molecule has 0 bridgehead atoms. The molecule has 1 amide bonds. The van der Waals surface area contributed by atoms with E-state index in [0.717, 1.165) is 37.5 Å². The molecule has 4 nitrogen and oxygen atoms in total. The summed E-state index contributed by atoms with van der Waals surface area (Å²) in [6.45, 7) is 4.57. The van der Waals surface area contributed by atoms with Crippen molar-refractivity contribution in [2.75, 3.05) is 19.6 Å². The van der Waals surface area contributed by atoms with Crippen molar-refractivity contribution in [3.63, 3.8) is 0 Å². The lowest BCUT2D eigenvalue weighted by Gasteiger charge is -2.15. The molecule has 1 aliphatic rings. The number of hydrogen-bond donors (Lipinski definition) is 1. The molecule has 2 rings (SSSR count). The fourth-order valence-electron chi connectivity index (χ4n) is 2.00. The first-order chi connectivity index (χ1) is 7.81. The molecule has 1 N–H and O–H groups in total. The van der Waals surface area contributed by atoms with Crippen LogP contribution in [0.15, 0.2) is 11.6 Å². The van der Waals surface area contributed by atoms with Crippen molar-refractivity contribution < 1.29 is 4.79 Å². The van der Waals surface area contributed by atoms with Gasteiger partial charge in [0.05, 0.1) is 11.0 Å². The Morgan fingerprint density at radius 2 is 2.56 bits per heavy atom. The lowest BCUT2D eigenvalue weighted by atomic mass is 10.2. The molecule has 0 aromatic carbocycles. The number of amides is 1. The van der Waals surface area contributed by atoms with Gasteiger partial charge in [-0.2, -0.15) is 0 Å². The van der Waals surface area contributed by atoms with Crippen molar-refractivity contribution in [2.24, 2.45) is 0 Å². The summed E-state index contributed by atoms with van der Waals surface area (Å²) in [6, 6.07) is 0.0429. The quantitative estimate of drug-likeness (QED) is 0.830. The molecule has 88 valence electrons. The third-order valence-corrected chi connectivity index (χ3v) is 3.67. The number of nitrogens with one attached hydrogen (secondary N) is 1. The van der Waals surface area contributed by atoms with Crippen molar-refractivity contribution >= 4 is 17.2 Å². The fourth-order valence-corrected chi connectivity index (χ4v) is 2.61. The summed E-state index contributed by atoms with van der Waals surface area (Å²) < 4.78 is 0. The van der Waals surface area contributed by atoms with Crippen molar-refractivity contribution in [3.8, 4) is 0 Å². The van der Waals surface area contributed by atoms with Gasteiger partial charge in [-0.05, 0) is 13.0 Å². The van der Waals surface area contributed by atoms with E-state index in [1.807, 2.05) is 23.4 Å². The molecule has 2 heterocycles. The maximum Gasteiger partial charge on any atom is 0.239 e. The Balaban J connectivity index is 1.81. The van der Waals surface area contributed by atoms with Gasteiger partial charge in [-0.15, -0.1) is 11.3 Å². The van der Waals surface area contributed by atoms with Crippen molar-refractivity contribution in [3.05, 3.63) is 16.6 Å². The summed E-state index contributed by atoms with van der Waals surface area (Å²) in [5.41, 5.74) is 0. The Hall–Kier alpha value is -0.940. The molecule has 1 atom stereocenters. The first-order valence-electron chi connectivity index (χ1n) is 5.71. The van der Waals surface area contributed by atoms with Crippen LogP contribution in [0.3, 0.4) is 0 Å². The van der Waals surface area contributed by atoms with Crippen LogP contribution in [-0.2, 0) is 11.2 Å². The van der Waals surface area contributed by atoms with E-state index in [-0.39, 0.29) is 11.9 Å². The Kier molecular flexibility index (Phi) is 3.90. The highest BCUT2D eigenvalue weighted by molar-refractivity contribution is 7.09. The van der Waals surface area contributed by atoms with E-state index in [0.29, 0.717) is 0 Å². The second kappa shape index (κ2) is 5.41. The van der Waals surface area contributed by atoms with E-state index in [9.17, 15) is 4.79 Å². The zero-order valence-corrected chi connectivity index (χ0v) is 10.3. The van der Waals surface area contributed by atoms with Gasteiger partial charge < -0.3 is 10.2 Å². The Morgan fingerprint density at radius 3 is 3.25 bits per heavy atom. The predicted octanol–water partition coefficient (Wildman–Crippen LogP) is 0.896. The zero-order chi connectivity index (χ0) is 11.4. The number of rotatable bonds is 5. The number of likely N-dealkylation sites (tertiary alicyclic amines) is 1. The van der Waals surface area contributed by atoms with E-state index in [2.05, 4.69) is 10.3 Å². The van der Waals surface area contributed by atoms with Crippen LogP contribution >= 0.6 is 11.3 Å². The van der Waals surface area contributed by atoms with E-state index in [4.69, 9.17) is 0 Å². The molecule has 16 heavy (non-hydrogen) atoms. The summed E-state index contributed by atoms with van der Waals surface area (Å²) in [5, 5.41) is 6.30. The maximum atomic E-state index is 11.9. The smallest absolute Gasteiger partial charge is 0.239 e. The maximum absolute atomic E-state index is 11.9. The van der Waals surface area contributed by atoms with Crippen LogP contribution in [0.25, 0.3) is 0 Å². The molecule has 0 saturated carbocycles. The lowest BCUT2D eigenvalue weighted by Crippen LogP contribution is -2.38. The lowest BCUT2D eigenvalue weighted by molar-refractivity contribution is -0.129. The van der Waals surface area contributed by atoms with Crippen LogP contribution in [0, 0.1) is 0 Å². The molecule has 1 aromatic rings. The van der Waals surface area contributed by atoms with Gasteiger partial charge in [0, 0.05) is 31.1 Å². The van der Waals surface area contributed by atoms with Crippen LogP contribution in [0.2, 0.25) is 0 Å². The van der Waals surface area contributed by atoms with E-state index < -0.39 is 0 Å². The number of nitrogens with zero attached hydrogens (tertiary/aromatic N) is 2. The first-order valence-corrected chi connectivity index (χ1v) is 6.59.